The Morgan fingerprint density at radius 1 is 1.56 bits per heavy atom. The molecule has 1 aromatic carbocycles. The second kappa shape index (κ2) is 6.54. The van der Waals surface area contributed by atoms with E-state index in [-0.39, 0.29) is 5.91 Å². The molecule has 1 aliphatic rings. The predicted octanol–water partition coefficient (Wildman–Crippen LogP) is 1.73. The predicted molar refractivity (Wildman–Crippen MR) is 75.4 cm³/mol. The molecule has 2 N–H and O–H groups in total. The van der Waals surface area contributed by atoms with Crippen molar-refractivity contribution in [3.05, 3.63) is 24.3 Å². The van der Waals surface area contributed by atoms with Gasteiger partial charge in [0.05, 0.1) is 12.2 Å². The van der Waals surface area contributed by atoms with Crippen molar-refractivity contribution in [2.45, 2.75) is 12.5 Å². The number of para-hydroxylation sites is 2. The first-order valence-electron chi connectivity index (χ1n) is 6.07. The van der Waals surface area contributed by atoms with Gasteiger partial charge in [-0.2, -0.15) is 11.8 Å². The summed E-state index contributed by atoms with van der Waals surface area (Å²) >= 11 is 1.78. The zero-order chi connectivity index (χ0) is 12.8. The summed E-state index contributed by atoms with van der Waals surface area (Å²) in [6.07, 6.45) is 2.62. The van der Waals surface area contributed by atoms with Gasteiger partial charge in [-0.3, -0.25) is 4.79 Å². The monoisotopic (exact) mass is 266 g/mol. The maximum absolute atomic E-state index is 11.9. The maximum Gasteiger partial charge on any atom is 0.262 e. The Hall–Kier alpha value is -1.36. The number of carbonyl (C=O) groups excluding carboxylic acids is 1. The minimum absolute atomic E-state index is 0.0434. The van der Waals surface area contributed by atoms with Crippen molar-refractivity contribution in [3.63, 3.8) is 0 Å². The van der Waals surface area contributed by atoms with Gasteiger partial charge in [0, 0.05) is 6.54 Å². The number of anilines is 1. The molecule has 1 aliphatic heterocycles. The van der Waals surface area contributed by atoms with Crippen LogP contribution < -0.4 is 15.4 Å². The molecule has 1 amide bonds. The second-order valence-electron chi connectivity index (χ2n) is 4.12. The van der Waals surface area contributed by atoms with Crippen LogP contribution in [-0.4, -0.2) is 37.1 Å². The van der Waals surface area contributed by atoms with Gasteiger partial charge in [0.25, 0.3) is 5.91 Å². The third-order valence-electron chi connectivity index (χ3n) is 2.75. The van der Waals surface area contributed by atoms with Crippen LogP contribution in [0.1, 0.15) is 6.42 Å². The molecule has 0 saturated heterocycles. The van der Waals surface area contributed by atoms with Gasteiger partial charge < -0.3 is 15.4 Å². The highest BCUT2D eigenvalue weighted by atomic mass is 32.2. The average Bonchev–Trinajstić information content (AvgIpc) is 2.43. The third-order valence-corrected chi connectivity index (χ3v) is 3.45. The van der Waals surface area contributed by atoms with Crippen LogP contribution in [-0.2, 0) is 4.79 Å². The van der Waals surface area contributed by atoms with E-state index in [2.05, 4.69) is 16.9 Å². The molecule has 1 aromatic rings. The fourth-order valence-electron chi connectivity index (χ4n) is 1.80. The highest BCUT2D eigenvalue weighted by Gasteiger charge is 2.24. The number of carbonyl (C=O) groups is 1. The fourth-order valence-corrected chi connectivity index (χ4v) is 2.23. The summed E-state index contributed by atoms with van der Waals surface area (Å²) in [6, 6.07) is 7.66. The van der Waals surface area contributed by atoms with Crippen LogP contribution in [0.15, 0.2) is 24.3 Å². The van der Waals surface area contributed by atoms with Gasteiger partial charge >= 0.3 is 0 Å². The standard InChI is InChI=1S/C13H18N2O2S/c1-18-8-4-7-14-13(16)12-9-15-10-5-2-3-6-11(10)17-12/h2-3,5-6,12,15H,4,7-9H2,1H3,(H,14,16). The molecule has 0 aromatic heterocycles. The van der Waals surface area contributed by atoms with E-state index in [4.69, 9.17) is 4.74 Å². The smallest absolute Gasteiger partial charge is 0.262 e. The number of fused-ring (bicyclic) bond motifs is 1. The quantitative estimate of drug-likeness (QED) is 0.797. The summed E-state index contributed by atoms with van der Waals surface area (Å²) in [5.41, 5.74) is 0.948. The molecule has 98 valence electrons. The summed E-state index contributed by atoms with van der Waals surface area (Å²) in [5.74, 6) is 1.76. The van der Waals surface area contributed by atoms with Gasteiger partial charge in [-0.1, -0.05) is 12.1 Å². The molecule has 0 saturated carbocycles. The lowest BCUT2D eigenvalue weighted by Crippen LogP contribution is -2.45. The average molecular weight is 266 g/mol. The van der Waals surface area contributed by atoms with Crippen LogP contribution in [0.3, 0.4) is 0 Å². The van der Waals surface area contributed by atoms with Crippen LogP contribution in [0.4, 0.5) is 5.69 Å². The second-order valence-corrected chi connectivity index (χ2v) is 5.11. The van der Waals surface area contributed by atoms with Crippen molar-refractivity contribution in [2.75, 3.05) is 30.4 Å². The molecule has 2 rings (SSSR count). The van der Waals surface area contributed by atoms with E-state index in [0.717, 1.165) is 23.6 Å². The van der Waals surface area contributed by atoms with E-state index >= 15 is 0 Å². The van der Waals surface area contributed by atoms with Gasteiger partial charge in [-0.05, 0) is 30.6 Å². The molecule has 5 heteroatoms. The first-order valence-corrected chi connectivity index (χ1v) is 7.47. The topological polar surface area (TPSA) is 50.4 Å². The first-order chi connectivity index (χ1) is 8.81. The van der Waals surface area contributed by atoms with E-state index in [9.17, 15) is 4.79 Å². The lowest BCUT2D eigenvalue weighted by molar-refractivity contribution is -0.127. The Bertz CT molecular complexity index is 412. The molecular weight excluding hydrogens is 248 g/mol. The fraction of sp³-hybridized carbons (Fsp3) is 0.462. The Balaban J connectivity index is 1.83. The summed E-state index contributed by atoms with van der Waals surface area (Å²) in [4.78, 5) is 11.9. The highest BCUT2D eigenvalue weighted by Crippen LogP contribution is 2.28. The van der Waals surface area contributed by atoms with Gasteiger partial charge in [0.1, 0.15) is 5.75 Å². The molecule has 18 heavy (non-hydrogen) atoms. The molecular formula is C13H18N2O2S. The summed E-state index contributed by atoms with van der Waals surface area (Å²) in [5, 5.41) is 6.11. The van der Waals surface area contributed by atoms with Crippen LogP contribution in [0.5, 0.6) is 5.75 Å². The minimum atomic E-state index is -0.436. The Morgan fingerprint density at radius 2 is 2.39 bits per heavy atom. The maximum atomic E-state index is 11.9. The van der Waals surface area contributed by atoms with Gasteiger partial charge in [0.15, 0.2) is 6.10 Å². The van der Waals surface area contributed by atoms with E-state index < -0.39 is 6.10 Å². The minimum Gasteiger partial charge on any atom is -0.477 e. The summed E-state index contributed by atoms with van der Waals surface area (Å²) < 4.78 is 5.67. The van der Waals surface area contributed by atoms with E-state index in [1.54, 1.807) is 11.8 Å². The van der Waals surface area contributed by atoms with Gasteiger partial charge in [0.2, 0.25) is 0 Å². The molecule has 0 radical (unpaired) electrons. The number of rotatable bonds is 5. The summed E-state index contributed by atoms with van der Waals surface area (Å²) in [7, 11) is 0. The zero-order valence-corrected chi connectivity index (χ0v) is 11.3. The van der Waals surface area contributed by atoms with E-state index in [1.165, 1.54) is 0 Å². The molecule has 4 nitrogen and oxygen atoms in total. The molecule has 0 fully saturated rings. The van der Waals surface area contributed by atoms with Crippen LogP contribution in [0.2, 0.25) is 0 Å². The molecule has 1 atom stereocenters. The Kier molecular flexibility index (Phi) is 4.75. The number of amides is 1. The van der Waals surface area contributed by atoms with Crippen molar-refractivity contribution in [1.29, 1.82) is 0 Å². The van der Waals surface area contributed by atoms with Gasteiger partial charge in [-0.25, -0.2) is 0 Å². The Labute approximate surface area is 111 Å². The third kappa shape index (κ3) is 3.32. The Morgan fingerprint density at radius 3 is 3.22 bits per heavy atom. The van der Waals surface area contributed by atoms with Crippen molar-refractivity contribution < 1.29 is 9.53 Å². The lowest BCUT2D eigenvalue weighted by Gasteiger charge is -2.26. The largest absolute Gasteiger partial charge is 0.477 e. The SMILES string of the molecule is CSCCCNC(=O)C1CNc2ccccc2O1. The highest BCUT2D eigenvalue weighted by molar-refractivity contribution is 7.98. The number of hydrogen-bond acceptors (Lipinski definition) is 4. The van der Waals surface area contributed by atoms with Crippen molar-refractivity contribution >= 4 is 23.4 Å². The number of thioether (sulfide) groups is 1. The van der Waals surface area contributed by atoms with Crippen LogP contribution in [0, 0.1) is 0 Å². The van der Waals surface area contributed by atoms with Crippen molar-refractivity contribution in [2.24, 2.45) is 0 Å². The number of benzene rings is 1. The molecule has 0 aliphatic carbocycles. The van der Waals surface area contributed by atoms with Crippen molar-refractivity contribution in [1.82, 2.24) is 5.32 Å². The van der Waals surface area contributed by atoms with Crippen molar-refractivity contribution in [3.8, 4) is 5.75 Å². The molecule has 0 bridgehead atoms. The van der Waals surface area contributed by atoms with E-state index in [0.29, 0.717) is 13.1 Å². The zero-order valence-electron chi connectivity index (χ0n) is 10.4. The van der Waals surface area contributed by atoms with Crippen LogP contribution in [0.25, 0.3) is 0 Å². The summed E-state index contributed by atoms with van der Waals surface area (Å²) in [6.45, 7) is 1.23. The first kappa shape index (κ1) is 13.1. The van der Waals surface area contributed by atoms with Crippen LogP contribution >= 0.6 is 11.8 Å². The lowest BCUT2D eigenvalue weighted by atomic mass is 10.2. The number of nitrogens with one attached hydrogen (secondary N) is 2. The van der Waals surface area contributed by atoms with E-state index in [1.807, 2.05) is 24.3 Å². The number of hydrogen-bond donors (Lipinski definition) is 2. The van der Waals surface area contributed by atoms with Gasteiger partial charge in [-0.15, -0.1) is 0 Å². The molecule has 1 unspecified atom stereocenters. The molecule has 1 heterocycles. The molecule has 0 spiro atoms. The number of ether oxygens (including phenoxy) is 1. The normalized spacial score (nSPS) is 17.3.